The van der Waals surface area contributed by atoms with Crippen molar-refractivity contribution in [3.05, 3.63) is 29.3 Å². The van der Waals surface area contributed by atoms with Gasteiger partial charge in [0.15, 0.2) is 34.9 Å². The number of aromatic hydroxyl groups is 1. The van der Waals surface area contributed by atoms with E-state index in [2.05, 4.69) is 0 Å². The van der Waals surface area contributed by atoms with Crippen LogP contribution in [0.5, 0.6) is 40.2 Å². The highest BCUT2D eigenvalue weighted by Gasteiger charge is 2.37. The number of hydrogen-bond donors (Lipinski definition) is 1. The van der Waals surface area contributed by atoms with Gasteiger partial charge in [-0.3, -0.25) is 4.79 Å². The van der Waals surface area contributed by atoms with Crippen LogP contribution in [-0.4, -0.2) is 46.4 Å². The summed E-state index contributed by atoms with van der Waals surface area (Å²) in [5.74, 6) is 1.31. The zero-order chi connectivity index (χ0) is 20.4. The van der Waals surface area contributed by atoms with Crippen molar-refractivity contribution < 1.29 is 38.3 Å². The van der Waals surface area contributed by atoms with E-state index in [1.807, 2.05) is 0 Å². The van der Waals surface area contributed by atoms with Gasteiger partial charge in [0.05, 0.1) is 41.1 Å². The molecule has 1 N–H and O–H groups in total. The Morgan fingerprint density at radius 2 is 1.54 bits per heavy atom. The minimum atomic E-state index is -0.904. The molecule has 1 unspecified atom stereocenters. The van der Waals surface area contributed by atoms with Gasteiger partial charge in [-0.15, -0.1) is 0 Å². The molecule has 8 nitrogen and oxygen atoms in total. The number of phenols is 1. The molecule has 0 aliphatic carbocycles. The fourth-order valence-corrected chi connectivity index (χ4v) is 3.26. The molecule has 0 aromatic heterocycles. The maximum Gasteiger partial charge on any atom is 0.211 e. The van der Waals surface area contributed by atoms with Crippen LogP contribution in [0, 0.1) is 0 Å². The largest absolute Gasteiger partial charge is 0.504 e. The Kier molecular flexibility index (Phi) is 5.39. The number of phenolic OH excluding ortho intramolecular Hbond substituents is 1. The molecule has 3 rings (SSSR count). The lowest BCUT2D eigenvalue weighted by Gasteiger charge is -2.29. The summed E-state index contributed by atoms with van der Waals surface area (Å²) in [5.41, 5.74) is 0.876. The second kappa shape index (κ2) is 7.75. The number of methoxy groups -OCH3 is 5. The van der Waals surface area contributed by atoms with Crippen LogP contribution in [0.2, 0.25) is 0 Å². The van der Waals surface area contributed by atoms with Crippen molar-refractivity contribution in [2.75, 3.05) is 35.5 Å². The molecule has 0 saturated carbocycles. The summed E-state index contributed by atoms with van der Waals surface area (Å²) in [5, 5.41) is 10.6. The predicted molar refractivity (Wildman–Crippen MR) is 99.4 cm³/mol. The molecular formula is C20H22O8. The normalized spacial score (nSPS) is 15.3. The van der Waals surface area contributed by atoms with Gasteiger partial charge in [-0.1, -0.05) is 6.07 Å². The van der Waals surface area contributed by atoms with E-state index < -0.39 is 6.10 Å². The molecule has 2 aromatic rings. The van der Waals surface area contributed by atoms with Gasteiger partial charge < -0.3 is 33.5 Å². The average Bonchev–Trinajstić information content (AvgIpc) is 2.72. The van der Waals surface area contributed by atoms with E-state index in [9.17, 15) is 9.90 Å². The predicted octanol–water partition coefficient (Wildman–Crippen LogP) is 2.68. The molecule has 0 amide bonds. The number of carbonyl (C=O) groups is 1. The van der Waals surface area contributed by atoms with Crippen LogP contribution in [0.3, 0.4) is 0 Å². The van der Waals surface area contributed by atoms with E-state index in [1.54, 1.807) is 18.2 Å². The number of carbonyl (C=O) groups excluding carboxylic acids is 1. The molecule has 1 aliphatic rings. The summed E-state index contributed by atoms with van der Waals surface area (Å²) < 4.78 is 32.5. The number of hydrogen-bond acceptors (Lipinski definition) is 8. The molecule has 8 heteroatoms. The quantitative estimate of drug-likeness (QED) is 0.805. The monoisotopic (exact) mass is 390 g/mol. The van der Waals surface area contributed by atoms with Crippen LogP contribution in [0.4, 0.5) is 0 Å². The van der Waals surface area contributed by atoms with Crippen molar-refractivity contribution in [3.63, 3.8) is 0 Å². The zero-order valence-corrected chi connectivity index (χ0v) is 16.3. The van der Waals surface area contributed by atoms with Crippen molar-refractivity contribution in [2.45, 2.75) is 12.5 Å². The highest BCUT2D eigenvalue weighted by atomic mass is 16.6. The number of Topliss-reactive ketones (excluding diaryl/α,β-unsaturated/α-hetero) is 1. The lowest BCUT2D eigenvalue weighted by molar-refractivity contribution is -0.126. The molecular weight excluding hydrogens is 368 g/mol. The van der Waals surface area contributed by atoms with Crippen LogP contribution < -0.4 is 28.4 Å². The molecule has 0 fully saturated rings. The molecule has 1 aliphatic heterocycles. The molecule has 0 radical (unpaired) electrons. The van der Waals surface area contributed by atoms with Crippen LogP contribution in [0.15, 0.2) is 18.2 Å². The SMILES string of the molecule is COc1ccc(C2Oc3c(c(O)c(OC)c(OC)c3OC)CC2=O)cc1OC. The van der Waals surface area contributed by atoms with E-state index in [-0.39, 0.29) is 46.5 Å². The van der Waals surface area contributed by atoms with Gasteiger partial charge in [-0.05, 0) is 12.1 Å². The minimum Gasteiger partial charge on any atom is -0.504 e. The Morgan fingerprint density at radius 1 is 0.893 bits per heavy atom. The first-order chi connectivity index (χ1) is 13.5. The minimum absolute atomic E-state index is 0.0586. The number of ketones is 1. The van der Waals surface area contributed by atoms with Gasteiger partial charge in [0.1, 0.15) is 0 Å². The summed E-state index contributed by atoms with van der Waals surface area (Å²) in [6.07, 6.45) is -0.963. The van der Waals surface area contributed by atoms with Crippen LogP contribution in [-0.2, 0) is 11.2 Å². The topological polar surface area (TPSA) is 92.7 Å². The Hall–Kier alpha value is -3.29. The van der Waals surface area contributed by atoms with Gasteiger partial charge in [-0.25, -0.2) is 0 Å². The van der Waals surface area contributed by atoms with Gasteiger partial charge in [0.25, 0.3) is 0 Å². The van der Waals surface area contributed by atoms with Gasteiger partial charge >= 0.3 is 0 Å². The maximum atomic E-state index is 12.8. The van der Waals surface area contributed by atoms with Gasteiger partial charge in [0.2, 0.25) is 17.2 Å². The number of rotatable bonds is 6. The third-order valence-electron chi connectivity index (χ3n) is 4.60. The standard InChI is InChI=1S/C20H22O8/c1-23-13-7-6-10(8-14(13)24-2)16-12(21)9-11-15(22)18(25-3)20(27-5)19(26-4)17(11)28-16/h6-8,16,22H,9H2,1-5H3. The van der Waals surface area contributed by atoms with E-state index in [0.717, 1.165) is 0 Å². The average molecular weight is 390 g/mol. The van der Waals surface area contributed by atoms with Crippen LogP contribution >= 0.6 is 0 Å². The third kappa shape index (κ3) is 3.00. The lowest BCUT2D eigenvalue weighted by Crippen LogP contribution is -2.26. The van der Waals surface area contributed by atoms with Crippen molar-refractivity contribution in [1.29, 1.82) is 0 Å². The Labute approximate surface area is 162 Å². The molecule has 150 valence electrons. The molecule has 1 atom stereocenters. The lowest BCUT2D eigenvalue weighted by atomic mass is 9.94. The first-order valence-electron chi connectivity index (χ1n) is 8.45. The summed E-state index contributed by atoms with van der Waals surface area (Å²) in [7, 11) is 7.30. The first kappa shape index (κ1) is 19.5. The fraction of sp³-hybridized carbons (Fsp3) is 0.350. The maximum absolute atomic E-state index is 12.8. The van der Waals surface area contributed by atoms with Gasteiger partial charge in [0, 0.05) is 12.0 Å². The van der Waals surface area contributed by atoms with E-state index >= 15 is 0 Å². The second-order valence-corrected chi connectivity index (χ2v) is 6.01. The summed E-state index contributed by atoms with van der Waals surface area (Å²) in [4.78, 5) is 12.8. The second-order valence-electron chi connectivity index (χ2n) is 6.01. The fourth-order valence-electron chi connectivity index (χ4n) is 3.26. The van der Waals surface area contributed by atoms with Crippen LogP contribution in [0.1, 0.15) is 17.2 Å². The number of ether oxygens (including phenoxy) is 6. The number of fused-ring (bicyclic) bond motifs is 1. The smallest absolute Gasteiger partial charge is 0.211 e. The van der Waals surface area contributed by atoms with Gasteiger partial charge in [-0.2, -0.15) is 0 Å². The third-order valence-corrected chi connectivity index (χ3v) is 4.60. The zero-order valence-electron chi connectivity index (χ0n) is 16.3. The number of benzene rings is 2. The molecule has 0 bridgehead atoms. The van der Waals surface area contributed by atoms with Crippen molar-refractivity contribution in [1.82, 2.24) is 0 Å². The molecule has 0 saturated heterocycles. The highest BCUT2D eigenvalue weighted by molar-refractivity contribution is 5.91. The van der Waals surface area contributed by atoms with E-state index in [0.29, 0.717) is 17.1 Å². The van der Waals surface area contributed by atoms with Crippen molar-refractivity contribution in [2.24, 2.45) is 0 Å². The van der Waals surface area contributed by atoms with E-state index in [4.69, 9.17) is 28.4 Å². The Bertz CT molecular complexity index is 906. The summed E-state index contributed by atoms with van der Waals surface area (Å²) >= 11 is 0. The molecule has 2 aromatic carbocycles. The molecule has 0 spiro atoms. The Morgan fingerprint density at radius 3 is 2.11 bits per heavy atom. The molecule has 1 heterocycles. The van der Waals surface area contributed by atoms with Crippen LogP contribution in [0.25, 0.3) is 0 Å². The highest BCUT2D eigenvalue weighted by Crippen LogP contribution is 2.55. The summed E-state index contributed by atoms with van der Waals surface area (Å²) in [6.45, 7) is 0. The molecule has 28 heavy (non-hydrogen) atoms. The Balaban J connectivity index is 2.12. The van der Waals surface area contributed by atoms with E-state index in [1.165, 1.54) is 35.5 Å². The first-order valence-corrected chi connectivity index (χ1v) is 8.45. The van der Waals surface area contributed by atoms with Crippen molar-refractivity contribution in [3.8, 4) is 40.2 Å². The van der Waals surface area contributed by atoms with Crippen molar-refractivity contribution >= 4 is 5.78 Å². The summed E-state index contributed by atoms with van der Waals surface area (Å²) in [6, 6.07) is 5.10.